The topological polar surface area (TPSA) is 53.4 Å². The molecule has 0 saturated carbocycles. The Labute approximate surface area is 155 Å². The van der Waals surface area contributed by atoms with Gasteiger partial charge in [-0.3, -0.25) is 4.98 Å². The fourth-order valence-corrected chi connectivity index (χ4v) is 4.88. The summed E-state index contributed by atoms with van der Waals surface area (Å²) in [5.74, 6) is 0. The number of aliphatic hydroxyl groups excluding tert-OH is 1. The van der Waals surface area contributed by atoms with Gasteiger partial charge in [0.1, 0.15) is 5.60 Å². The molecular formula is C20H18ClNO2S. The van der Waals surface area contributed by atoms with Crippen LogP contribution in [0.2, 0.25) is 5.02 Å². The fourth-order valence-electron chi connectivity index (χ4n) is 3.49. The normalized spacial score (nSPS) is 23.1. The van der Waals surface area contributed by atoms with Crippen molar-refractivity contribution in [1.29, 1.82) is 0 Å². The van der Waals surface area contributed by atoms with Crippen LogP contribution in [-0.4, -0.2) is 21.3 Å². The van der Waals surface area contributed by atoms with Crippen LogP contribution in [0.5, 0.6) is 0 Å². The number of rotatable bonds is 2. The Morgan fingerprint density at radius 1 is 1.12 bits per heavy atom. The summed E-state index contributed by atoms with van der Waals surface area (Å²) in [6.07, 6.45) is 4.94. The summed E-state index contributed by atoms with van der Waals surface area (Å²) in [5, 5.41) is 23.0. The maximum absolute atomic E-state index is 11.6. The molecule has 2 unspecified atom stereocenters. The maximum atomic E-state index is 11.6. The zero-order valence-corrected chi connectivity index (χ0v) is 15.1. The Kier molecular flexibility index (Phi) is 4.38. The van der Waals surface area contributed by atoms with Crippen LogP contribution in [0.15, 0.2) is 54.9 Å². The number of aryl methyl sites for hydroxylation is 1. The summed E-state index contributed by atoms with van der Waals surface area (Å²) in [6.45, 7) is 0. The smallest absolute Gasteiger partial charge is 0.141 e. The molecular weight excluding hydrogens is 354 g/mol. The highest BCUT2D eigenvalue weighted by Gasteiger charge is 2.43. The first kappa shape index (κ1) is 16.7. The molecule has 0 bridgehead atoms. The minimum Gasteiger partial charge on any atom is -0.389 e. The molecule has 2 N–H and O–H groups in total. The van der Waals surface area contributed by atoms with E-state index in [-0.39, 0.29) is 0 Å². The van der Waals surface area contributed by atoms with E-state index in [1.165, 1.54) is 0 Å². The Bertz CT molecular complexity index is 878. The summed E-state index contributed by atoms with van der Waals surface area (Å²) in [6, 6.07) is 13.0. The van der Waals surface area contributed by atoms with Gasteiger partial charge >= 0.3 is 0 Å². The van der Waals surface area contributed by atoms with E-state index in [4.69, 9.17) is 11.6 Å². The lowest BCUT2D eigenvalue weighted by molar-refractivity contribution is -0.0512. The van der Waals surface area contributed by atoms with E-state index in [2.05, 4.69) is 4.98 Å². The third-order valence-corrected chi connectivity index (χ3v) is 6.33. The zero-order valence-electron chi connectivity index (χ0n) is 13.5. The van der Waals surface area contributed by atoms with Gasteiger partial charge in [-0.25, -0.2) is 0 Å². The van der Waals surface area contributed by atoms with Gasteiger partial charge in [-0.15, -0.1) is 11.3 Å². The average Bonchev–Trinajstić information content (AvgIpc) is 3.02. The van der Waals surface area contributed by atoms with Crippen LogP contribution in [-0.2, 0) is 12.0 Å². The minimum atomic E-state index is -1.42. The Balaban J connectivity index is 1.88. The maximum Gasteiger partial charge on any atom is 0.141 e. The fraction of sp³-hybridized carbons (Fsp3) is 0.250. The van der Waals surface area contributed by atoms with Crippen molar-refractivity contribution < 1.29 is 10.2 Å². The SMILES string of the molecule is OC1CCCc2sc(-c3ccncc3)cc2C1(O)c1ccc(Cl)cc1. The molecule has 1 aliphatic carbocycles. The summed E-state index contributed by atoms with van der Waals surface area (Å²) in [7, 11) is 0. The molecule has 5 heteroatoms. The summed E-state index contributed by atoms with van der Waals surface area (Å²) < 4.78 is 0. The Morgan fingerprint density at radius 3 is 2.56 bits per heavy atom. The van der Waals surface area contributed by atoms with E-state index in [9.17, 15) is 10.2 Å². The van der Waals surface area contributed by atoms with Gasteiger partial charge in [-0.1, -0.05) is 23.7 Å². The highest BCUT2D eigenvalue weighted by Crippen LogP contribution is 2.45. The van der Waals surface area contributed by atoms with Crippen molar-refractivity contribution >= 4 is 22.9 Å². The van der Waals surface area contributed by atoms with E-state index >= 15 is 0 Å². The van der Waals surface area contributed by atoms with Crippen LogP contribution in [0.3, 0.4) is 0 Å². The van der Waals surface area contributed by atoms with Crippen molar-refractivity contribution in [3.8, 4) is 10.4 Å². The van der Waals surface area contributed by atoms with Crippen LogP contribution in [0, 0.1) is 0 Å². The lowest BCUT2D eigenvalue weighted by Crippen LogP contribution is -2.40. The highest BCUT2D eigenvalue weighted by atomic mass is 35.5. The largest absolute Gasteiger partial charge is 0.389 e. The highest BCUT2D eigenvalue weighted by molar-refractivity contribution is 7.15. The summed E-state index contributed by atoms with van der Waals surface area (Å²) in [5.41, 5.74) is 1.13. The van der Waals surface area contributed by atoms with Gasteiger partial charge < -0.3 is 10.2 Å². The van der Waals surface area contributed by atoms with Gasteiger partial charge in [0.2, 0.25) is 0 Å². The Morgan fingerprint density at radius 2 is 1.84 bits per heavy atom. The standard InChI is InChI=1S/C20H18ClNO2S/c21-15-6-4-14(5-7-15)20(24)16-12-18(13-8-10-22-11-9-13)25-17(16)2-1-3-19(20)23/h4-12,19,23-24H,1-3H2. The monoisotopic (exact) mass is 371 g/mol. The molecule has 3 aromatic rings. The van der Waals surface area contributed by atoms with Crippen molar-refractivity contribution in [1.82, 2.24) is 4.98 Å². The molecule has 2 atom stereocenters. The number of halogens is 1. The first-order valence-corrected chi connectivity index (χ1v) is 9.48. The molecule has 0 fully saturated rings. The number of nitrogens with zero attached hydrogens (tertiary/aromatic N) is 1. The Hall–Kier alpha value is -1.72. The molecule has 128 valence electrons. The molecule has 1 aliphatic rings. The van der Waals surface area contributed by atoms with Crippen molar-refractivity contribution in [3.05, 3.63) is 75.9 Å². The van der Waals surface area contributed by atoms with Crippen molar-refractivity contribution in [2.45, 2.75) is 31.0 Å². The first-order chi connectivity index (χ1) is 12.1. The van der Waals surface area contributed by atoms with Gasteiger partial charge in [0.25, 0.3) is 0 Å². The number of aromatic nitrogens is 1. The number of hydrogen-bond donors (Lipinski definition) is 2. The minimum absolute atomic E-state index is 0.561. The second-order valence-corrected chi connectivity index (χ2v) is 7.94. The molecule has 25 heavy (non-hydrogen) atoms. The van der Waals surface area contributed by atoms with Crippen LogP contribution in [0.25, 0.3) is 10.4 Å². The molecule has 2 aromatic heterocycles. The number of fused-ring (bicyclic) bond motifs is 1. The van der Waals surface area contributed by atoms with E-state index in [0.717, 1.165) is 33.7 Å². The third kappa shape index (κ3) is 2.89. The molecule has 2 heterocycles. The number of hydrogen-bond acceptors (Lipinski definition) is 4. The molecule has 0 spiro atoms. The van der Waals surface area contributed by atoms with E-state index in [1.54, 1.807) is 48.0 Å². The number of thiophene rings is 1. The quantitative estimate of drug-likeness (QED) is 0.656. The van der Waals surface area contributed by atoms with Crippen molar-refractivity contribution in [2.24, 2.45) is 0 Å². The van der Waals surface area contributed by atoms with Crippen molar-refractivity contribution in [2.75, 3.05) is 0 Å². The van der Waals surface area contributed by atoms with E-state index in [1.807, 2.05) is 18.2 Å². The number of aliphatic hydroxyl groups is 2. The zero-order chi connectivity index (χ0) is 17.4. The lowest BCUT2D eigenvalue weighted by atomic mass is 9.81. The summed E-state index contributed by atoms with van der Waals surface area (Å²) in [4.78, 5) is 6.27. The average molecular weight is 372 g/mol. The van der Waals surface area contributed by atoms with E-state index in [0.29, 0.717) is 17.0 Å². The molecule has 0 saturated heterocycles. The van der Waals surface area contributed by atoms with Crippen LogP contribution in [0.1, 0.15) is 28.8 Å². The van der Waals surface area contributed by atoms with Gasteiger partial charge in [-0.05, 0) is 60.7 Å². The number of benzene rings is 1. The van der Waals surface area contributed by atoms with Crippen LogP contribution >= 0.6 is 22.9 Å². The molecule has 0 aliphatic heterocycles. The van der Waals surface area contributed by atoms with Crippen molar-refractivity contribution in [3.63, 3.8) is 0 Å². The molecule has 0 amide bonds. The second-order valence-electron chi connectivity index (χ2n) is 6.36. The van der Waals surface area contributed by atoms with E-state index < -0.39 is 11.7 Å². The first-order valence-electron chi connectivity index (χ1n) is 8.29. The molecule has 3 nitrogen and oxygen atoms in total. The van der Waals surface area contributed by atoms with Gasteiger partial charge in [0, 0.05) is 32.7 Å². The lowest BCUT2D eigenvalue weighted by Gasteiger charge is -2.32. The second kappa shape index (κ2) is 6.54. The van der Waals surface area contributed by atoms with Crippen LogP contribution < -0.4 is 0 Å². The predicted molar refractivity (Wildman–Crippen MR) is 101 cm³/mol. The molecule has 1 aromatic carbocycles. The molecule has 4 rings (SSSR count). The van der Waals surface area contributed by atoms with Crippen LogP contribution in [0.4, 0.5) is 0 Å². The van der Waals surface area contributed by atoms with Gasteiger partial charge in [0.15, 0.2) is 0 Å². The number of pyridine rings is 1. The molecule has 0 radical (unpaired) electrons. The van der Waals surface area contributed by atoms with Gasteiger partial charge in [-0.2, -0.15) is 0 Å². The predicted octanol–water partition coefficient (Wildman–Crippen LogP) is 4.40. The van der Waals surface area contributed by atoms with Gasteiger partial charge in [0.05, 0.1) is 6.10 Å². The summed E-state index contributed by atoms with van der Waals surface area (Å²) >= 11 is 7.68. The third-order valence-electron chi connectivity index (χ3n) is 4.83.